The molecule has 1 aliphatic carbocycles. The number of hydrogen-bond acceptors (Lipinski definition) is 2. The number of alkyl halides is 1. The summed E-state index contributed by atoms with van der Waals surface area (Å²) >= 11 is 5.70. The molecule has 1 unspecified atom stereocenters. The van der Waals surface area contributed by atoms with Gasteiger partial charge in [0, 0.05) is 12.4 Å². The molecule has 1 saturated heterocycles. The second kappa shape index (κ2) is 7.85. The van der Waals surface area contributed by atoms with Crippen LogP contribution in [0.4, 0.5) is 0 Å². The quantitative estimate of drug-likeness (QED) is 0.514. The summed E-state index contributed by atoms with van der Waals surface area (Å²) in [4.78, 5) is 2.45. The van der Waals surface area contributed by atoms with Gasteiger partial charge in [-0.2, -0.15) is 0 Å². The third kappa shape index (κ3) is 4.91. The van der Waals surface area contributed by atoms with Crippen molar-refractivity contribution in [3.8, 4) is 0 Å². The summed E-state index contributed by atoms with van der Waals surface area (Å²) in [5, 5.41) is 0. The molecule has 1 spiro atoms. The number of ether oxygens (including phenoxy) is 1. The summed E-state index contributed by atoms with van der Waals surface area (Å²) in [7, 11) is 2.23. The molecule has 0 bridgehead atoms. The van der Waals surface area contributed by atoms with Crippen LogP contribution < -0.4 is 0 Å². The van der Waals surface area contributed by atoms with Crippen LogP contribution in [0.25, 0.3) is 0 Å². The van der Waals surface area contributed by atoms with Gasteiger partial charge in [0.1, 0.15) is 0 Å². The fourth-order valence-electron chi connectivity index (χ4n) is 3.68. The van der Waals surface area contributed by atoms with Crippen LogP contribution in [0.5, 0.6) is 0 Å². The fraction of sp³-hybridized carbons (Fsp3) is 1.00. The molecule has 19 heavy (non-hydrogen) atoms. The van der Waals surface area contributed by atoms with E-state index in [0.717, 1.165) is 18.8 Å². The van der Waals surface area contributed by atoms with Crippen LogP contribution in [-0.2, 0) is 4.74 Å². The number of rotatable bonds is 7. The second-order valence-corrected chi connectivity index (χ2v) is 6.91. The SMILES string of the molecule is CN(CCCCCCl)CC1CCC2(CCCCC2)O1. The molecule has 1 heterocycles. The first-order chi connectivity index (χ1) is 9.24. The molecule has 0 N–H and O–H groups in total. The van der Waals surface area contributed by atoms with Crippen LogP contribution in [0.2, 0.25) is 0 Å². The molecular formula is C16H30ClNO. The van der Waals surface area contributed by atoms with Crippen LogP contribution in [0.1, 0.15) is 64.2 Å². The summed E-state index contributed by atoms with van der Waals surface area (Å²) < 4.78 is 6.43. The van der Waals surface area contributed by atoms with Crippen LogP contribution in [0.15, 0.2) is 0 Å². The van der Waals surface area contributed by atoms with E-state index in [1.54, 1.807) is 0 Å². The topological polar surface area (TPSA) is 12.5 Å². The number of hydrogen-bond donors (Lipinski definition) is 0. The third-order valence-electron chi connectivity index (χ3n) is 4.79. The Labute approximate surface area is 123 Å². The Morgan fingerprint density at radius 3 is 2.63 bits per heavy atom. The third-order valence-corrected chi connectivity index (χ3v) is 5.06. The molecule has 0 aromatic carbocycles. The Balaban J connectivity index is 1.63. The number of likely N-dealkylation sites (N-methyl/N-ethyl adjacent to an activating group) is 1. The Morgan fingerprint density at radius 2 is 1.89 bits per heavy atom. The van der Waals surface area contributed by atoms with E-state index in [1.807, 2.05) is 0 Å². The van der Waals surface area contributed by atoms with E-state index in [9.17, 15) is 0 Å². The summed E-state index contributed by atoms with van der Waals surface area (Å²) in [5.74, 6) is 0.804. The van der Waals surface area contributed by atoms with Gasteiger partial charge < -0.3 is 9.64 Å². The monoisotopic (exact) mass is 287 g/mol. The minimum atomic E-state index is 0.280. The Bertz CT molecular complexity index is 253. The lowest BCUT2D eigenvalue weighted by Crippen LogP contribution is -2.35. The average molecular weight is 288 g/mol. The van der Waals surface area contributed by atoms with Gasteiger partial charge in [0.15, 0.2) is 0 Å². The maximum Gasteiger partial charge on any atom is 0.0710 e. The van der Waals surface area contributed by atoms with E-state index in [4.69, 9.17) is 16.3 Å². The van der Waals surface area contributed by atoms with Crippen molar-refractivity contribution in [1.82, 2.24) is 4.90 Å². The maximum absolute atomic E-state index is 6.43. The molecule has 2 fully saturated rings. The summed E-state index contributed by atoms with van der Waals surface area (Å²) in [6.45, 7) is 2.30. The fourth-order valence-corrected chi connectivity index (χ4v) is 3.87. The molecule has 3 heteroatoms. The van der Waals surface area contributed by atoms with Crippen molar-refractivity contribution in [3.63, 3.8) is 0 Å². The largest absolute Gasteiger partial charge is 0.370 e. The lowest BCUT2D eigenvalue weighted by molar-refractivity contribution is -0.0702. The molecule has 2 nitrogen and oxygen atoms in total. The summed E-state index contributed by atoms with van der Waals surface area (Å²) in [6, 6.07) is 0. The molecule has 0 radical (unpaired) electrons. The summed E-state index contributed by atoms with van der Waals surface area (Å²) in [5.41, 5.74) is 0.280. The first kappa shape index (κ1) is 15.6. The zero-order chi connectivity index (χ0) is 13.6. The number of halogens is 1. The van der Waals surface area contributed by atoms with E-state index >= 15 is 0 Å². The first-order valence-electron chi connectivity index (χ1n) is 8.16. The van der Waals surface area contributed by atoms with Gasteiger partial charge in [-0.25, -0.2) is 0 Å². The zero-order valence-corrected chi connectivity index (χ0v) is 13.3. The highest BCUT2D eigenvalue weighted by Crippen LogP contribution is 2.41. The van der Waals surface area contributed by atoms with Gasteiger partial charge in [-0.15, -0.1) is 11.6 Å². The molecule has 112 valence electrons. The van der Waals surface area contributed by atoms with Crippen LogP contribution in [0, 0.1) is 0 Å². The minimum Gasteiger partial charge on any atom is -0.370 e. The zero-order valence-electron chi connectivity index (χ0n) is 12.5. The van der Waals surface area contributed by atoms with Gasteiger partial charge in [-0.3, -0.25) is 0 Å². The normalized spacial score (nSPS) is 26.4. The maximum atomic E-state index is 6.43. The van der Waals surface area contributed by atoms with Gasteiger partial charge in [0.25, 0.3) is 0 Å². The van der Waals surface area contributed by atoms with Gasteiger partial charge >= 0.3 is 0 Å². The van der Waals surface area contributed by atoms with Gasteiger partial charge in [-0.05, 0) is 52.1 Å². The number of nitrogens with zero attached hydrogens (tertiary/aromatic N) is 1. The predicted octanol–water partition coefficient (Wildman–Crippen LogP) is 4.21. The molecule has 1 atom stereocenters. The molecule has 0 aromatic rings. The highest BCUT2D eigenvalue weighted by Gasteiger charge is 2.40. The summed E-state index contributed by atoms with van der Waals surface area (Å²) in [6.07, 6.45) is 13.5. The second-order valence-electron chi connectivity index (χ2n) is 6.53. The van der Waals surface area contributed by atoms with E-state index < -0.39 is 0 Å². The molecule has 1 saturated carbocycles. The van der Waals surface area contributed by atoms with Crippen LogP contribution in [0.3, 0.4) is 0 Å². The highest BCUT2D eigenvalue weighted by atomic mass is 35.5. The Kier molecular flexibility index (Phi) is 6.44. The van der Waals surface area contributed by atoms with Gasteiger partial charge in [-0.1, -0.05) is 25.7 Å². The smallest absolute Gasteiger partial charge is 0.0710 e. The Morgan fingerprint density at radius 1 is 1.11 bits per heavy atom. The lowest BCUT2D eigenvalue weighted by atomic mass is 9.83. The molecular weight excluding hydrogens is 258 g/mol. The van der Waals surface area contributed by atoms with Crippen molar-refractivity contribution in [2.75, 3.05) is 26.0 Å². The molecule has 2 rings (SSSR count). The van der Waals surface area contributed by atoms with Crippen LogP contribution in [-0.4, -0.2) is 42.6 Å². The first-order valence-corrected chi connectivity index (χ1v) is 8.70. The van der Waals surface area contributed by atoms with Crippen molar-refractivity contribution >= 4 is 11.6 Å². The standard InChI is InChI=1S/C16H30ClNO/c1-18(13-7-3-6-12-17)14-15-8-11-16(19-15)9-4-2-5-10-16/h15H,2-14H2,1H3. The molecule has 0 aromatic heterocycles. The van der Waals surface area contributed by atoms with Gasteiger partial charge in [0.05, 0.1) is 11.7 Å². The molecule has 1 aliphatic heterocycles. The average Bonchev–Trinajstić information content (AvgIpc) is 2.78. The van der Waals surface area contributed by atoms with E-state index in [0.29, 0.717) is 6.10 Å². The lowest BCUT2D eigenvalue weighted by Gasteiger charge is -2.34. The molecule has 2 aliphatic rings. The molecule has 0 amide bonds. The number of unbranched alkanes of at least 4 members (excludes halogenated alkanes) is 2. The minimum absolute atomic E-state index is 0.280. The van der Waals surface area contributed by atoms with Gasteiger partial charge in [0.2, 0.25) is 0 Å². The van der Waals surface area contributed by atoms with E-state index in [1.165, 1.54) is 64.3 Å². The van der Waals surface area contributed by atoms with Crippen molar-refractivity contribution in [1.29, 1.82) is 0 Å². The van der Waals surface area contributed by atoms with E-state index in [-0.39, 0.29) is 5.60 Å². The highest BCUT2D eigenvalue weighted by molar-refractivity contribution is 6.17. The van der Waals surface area contributed by atoms with Crippen molar-refractivity contribution < 1.29 is 4.74 Å². The van der Waals surface area contributed by atoms with Crippen LogP contribution >= 0.6 is 11.6 Å². The van der Waals surface area contributed by atoms with E-state index in [2.05, 4.69) is 11.9 Å². The predicted molar refractivity (Wildman–Crippen MR) is 82.0 cm³/mol. The van der Waals surface area contributed by atoms with Crippen molar-refractivity contribution in [3.05, 3.63) is 0 Å². The van der Waals surface area contributed by atoms with Crippen molar-refractivity contribution in [2.45, 2.75) is 75.9 Å². The Hall–Kier alpha value is 0.210. The van der Waals surface area contributed by atoms with Crippen molar-refractivity contribution in [2.24, 2.45) is 0 Å².